The Balaban J connectivity index is 1.85. The predicted octanol–water partition coefficient (Wildman–Crippen LogP) is 4.43. The number of aromatic nitrogens is 2. The minimum Gasteiger partial charge on any atom is -0.437 e. The number of nitro benzene ring substituents is 1. The van der Waals surface area contributed by atoms with E-state index in [2.05, 4.69) is 9.97 Å². The van der Waals surface area contributed by atoms with E-state index in [1.54, 1.807) is 19.1 Å². The molecule has 1 aromatic heterocycles. The minimum atomic E-state index is -0.532. The van der Waals surface area contributed by atoms with Gasteiger partial charge in [-0.3, -0.25) is 14.9 Å². The molecule has 1 aliphatic heterocycles. The van der Waals surface area contributed by atoms with Gasteiger partial charge >= 0.3 is 0 Å². The van der Waals surface area contributed by atoms with Crippen LogP contribution in [-0.2, 0) is 0 Å². The van der Waals surface area contributed by atoms with E-state index in [1.807, 2.05) is 36.4 Å². The number of benzene rings is 3. The molecule has 7 nitrogen and oxygen atoms in total. The fourth-order valence-corrected chi connectivity index (χ4v) is 3.92. The highest BCUT2D eigenvalue weighted by Crippen LogP contribution is 2.48. The van der Waals surface area contributed by atoms with Gasteiger partial charge in [0.05, 0.1) is 10.5 Å². The second kappa shape index (κ2) is 6.27. The zero-order chi connectivity index (χ0) is 20.1. The molecule has 4 aromatic rings. The van der Waals surface area contributed by atoms with E-state index in [0.717, 1.165) is 16.3 Å². The van der Waals surface area contributed by atoms with Crippen molar-refractivity contribution in [3.8, 4) is 11.6 Å². The Morgan fingerprint density at radius 3 is 2.76 bits per heavy atom. The molecule has 0 fully saturated rings. The molecule has 1 atom stereocenters. The van der Waals surface area contributed by atoms with Crippen LogP contribution in [0.1, 0.15) is 28.4 Å². The maximum atomic E-state index is 12.9. The van der Waals surface area contributed by atoms with Crippen LogP contribution in [0.25, 0.3) is 10.8 Å². The van der Waals surface area contributed by atoms with Gasteiger partial charge in [0.25, 0.3) is 11.2 Å². The number of ether oxygens (including phenoxy) is 1. The molecule has 0 bridgehead atoms. The Morgan fingerprint density at radius 1 is 1.10 bits per heavy atom. The molecule has 0 spiro atoms. The molecule has 0 saturated heterocycles. The van der Waals surface area contributed by atoms with Crippen molar-refractivity contribution in [3.63, 3.8) is 0 Å². The lowest BCUT2D eigenvalue weighted by Crippen LogP contribution is -2.24. The van der Waals surface area contributed by atoms with Crippen molar-refractivity contribution in [1.82, 2.24) is 9.97 Å². The van der Waals surface area contributed by atoms with Crippen LogP contribution in [0, 0.1) is 17.0 Å². The Hall–Kier alpha value is -4.00. The molecule has 1 unspecified atom stereocenters. The van der Waals surface area contributed by atoms with Crippen LogP contribution in [0.2, 0.25) is 0 Å². The maximum Gasteiger partial charge on any atom is 0.269 e. The molecule has 0 saturated carbocycles. The molecular formula is C22H15N3O4. The Kier molecular flexibility index (Phi) is 3.70. The number of aryl methyl sites for hydroxylation is 1. The third-order valence-corrected chi connectivity index (χ3v) is 5.16. The molecule has 2 heterocycles. The number of non-ortho nitro benzene ring substituents is 1. The zero-order valence-corrected chi connectivity index (χ0v) is 15.4. The SMILES string of the molecule is Cc1nc2c(c(=O)[nH]1)C(c1cccc([N+](=O)[O-])c1)c1ccc3ccccc3c1O2. The minimum absolute atomic E-state index is 0.0330. The first-order valence-corrected chi connectivity index (χ1v) is 9.07. The molecule has 0 aliphatic carbocycles. The summed E-state index contributed by atoms with van der Waals surface area (Å²) in [7, 11) is 0. The summed E-state index contributed by atoms with van der Waals surface area (Å²) in [5.41, 5.74) is 1.40. The predicted molar refractivity (Wildman–Crippen MR) is 108 cm³/mol. The van der Waals surface area contributed by atoms with E-state index in [4.69, 9.17) is 4.74 Å². The number of rotatable bonds is 2. The van der Waals surface area contributed by atoms with Crippen molar-refractivity contribution in [3.05, 3.63) is 104 Å². The van der Waals surface area contributed by atoms with Crippen molar-refractivity contribution in [2.45, 2.75) is 12.8 Å². The number of nitrogens with zero attached hydrogens (tertiary/aromatic N) is 2. The summed E-state index contributed by atoms with van der Waals surface area (Å²) in [4.78, 5) is 30.8. The van der Waals surface area contributed by atoms with Crippen molar-refractivity contribution < 1.29 is 9.66 Å². The number of aromatic amines is 1. The lowest BCUT2D eigenvalue weighted by Gasteiger charge is -2.28. The summed E-state index contributed by atoms with van der Waals surface area (Å²) >= 11 is 0. The standard InChI is InChI=1S/C22H15N3O4/c1-12-23-21(26)19-18(14-6-4-7-15(11-14)25(27)28)17-10-9-13-5-2-3-8-16(13)20(17)29-22(19)24-12/h2-11,18H,1H3,(H,23,24,26). The number of H-pyrrole nitrogens is 1. The van der Waals surface area contributed by atoms with Crippen LogP contribution >= 0.6 is 0 Å². The summed E-state index contributed by atoms with van der Waals surface area (Å²) in [5.74, 6) is 0.751. The summed E-state index contributed by atoms with van der Waals surface area (Å²) in [6, 6.07) is 18.0. The van der Waals surface area contributed by atoms with Crippen molar-refractivity contribution >= 4 is 16.5 Å². The largest absolute Gasteiger partial charge is 0.437 e. The average molecular weight is 385 g/mol. The topological polar surface area (TPSA) is 98.1 Å². The second-order valence-electron chi connectivity index (χ2n) is 6.96. The third kappa shape index (κ3) is 2.67. The summed E-state index contributed by atoms with van der Waals surface area (Å²) in [6.07, 6.45) is 0. The van der Waals surface area contributed by atoms with Gasteiger partial charge in [0.15, 0.2) is 0 Å². The lowest BCUT2D eigenvalue weighted by molar-refractivity contribution is -0.384. The molecule has 1 N–H and O–H groups in total. The van der Waals surface area contributed by atoms with E-state index >= 15 is 0 Å². The first-order valence-electron chi connectivity index (χ1n) is 9.07. The molecule has 1 aliphatic rings. The van der Waals surface area contributed by atoms with Gasteiger partial charge in [-0.05, 0) is 17.9 Å². The second-order valence-corrected chi connectivity index (χ2v) is 6.96. The molecule has 0 radical (unpaired) electrons. The van der Waals surface area contributed by atoms with Gasteiger partial charge in [-0.15, -0.1) is 0 Å². The highest BCUT2D eigenvalue weighted by Gasteiger charge is 2.34. The quantitative estimate of drug-likeness (QED) is 0.358. The summed E-state index contributed by atoms with van der Waals surface area (Å²) in [5, 5.41) is 13.2. The van der Waals surface area contributed by atoms with Gasteiger partial charge in [0.2, 0.25) is 5.88 Å². The highest BCUT2D eigenvalue weighted by molar-refractivity contribution is 5.91. The highest BCUT2D eigenvalue weighted by atomic mass is 16.6. The fraction of sp³-hybridized carbons (Fsp3) is 0.0909. The molecule has 5 rings (SSSR count). The van der Waals surface area contributed by atoms with Crippen LogP contribution in [0.5, 0.6) is 11.6 Å². The van der Waals surface area contributed by atoms with Crippen LogP contribution in [-0.4, -0.2) is 14.9 Å². The van der Waals surface area contributed by atoms with Crippen LogP contribution < -0.4 is 10.3 Å². The molecule has 29 heavy (non-hydrogen) atoms. The van der Waals surface area contributed by atoms with E-state index in [-0.39, 0.29) is 17.1 Å². The van der Waals surface area contributed by atoms with Gasteiger partial charge in [-0.2, -0.15) is 4.98 Å². The Bertz CT molecular complexity index is 1360. The number of hydrogen-bond acceptors (Lipinski definition) is 5. The zero-order valence-electron chi connectivity index (χ0n) is 15.4. The Labute approximate surface area is 164 Å². The van der Waals surface area contributed by atoms with Gasteiger partial charge in [-0.25, -0.2) is 0 Å². The molecule has 0 amide bonds. The van der Waals surface area contributed by atoms with Crippen molar-refractivity contribution in [1.29, 1.82) is 0 Å². The number of nitrogens with one attached hydrogen (secondary N) is 1. The fourth-order valence-electron chi connectivity index (χ4n) is 3.92. The van der Waals surface area contributed by atoms with E-state index in [9.17, 15) is 14.9 Å². The maximum absolute atomic E-state index is 12.9. The first kappa shape index (κ1) is 17.1. The lowest BCUT2D eigenvalue weighted by atomic mass is 9.83. The van der Waals surface area contributed by atoms with Gasteiger partial charge in [0, 0.05) is 29.0 Å². The third-order valence-electron chi connectivity index (χ3n) is 5.16. The van der Waals surface area contributed by atoms with Gasteiger partial charge < -0.3 is 9.72 Å². The molecule has 3 aromatic carbocycles. The van der Waals surface area contributed by atoms with Crippen LogP contribution in [0.3, 0.4) is 0 Å². The van der Waals surface area contributed by atoms with Gasteiger partial charge in [-0.1, -0.05) is 48.5 Å². The van der Waals surface area contributed by atoms with E-state index in [0.29, 0.717) is 22.7 Å². The molecule has 142 valence electrons. The van der Waals surface area contributed by atoms with Crippen LogP contribution in [0.4, 0.5) is 5.69 Å². The first-order chi connectivity index (χ1) is 14.0. The number of hydrogen-bond donors (Lipinski definition) is 1. The average Bonchev–Trinajstić information content (AvgIpc) is 2.72. The van der Waals surface area contributed by atoms with Crippen molar-refractivity contribution in [2.75, 3.05) is 0 Å². The van der Waals surface area contributed by atoms with E-state index < -0.39 is 10.8 Å². The Morgan fingerprint density at radius 2 is 1.93 bits per heavy atom. The molecular weight excluding hydrogens is 370 g/mol. The van der Waals surface area contributed by atoms with E-state index in [1.165, 1.54) is 12.1 Å². The smallest absolute Gasteiger partial charge is 0.269 e. The monoisotopic (exact) mass is 385 g/mol. The summed E-state index contributed by atoms with van der Waals surface area (Å²) in [6.45, 7) is 1.69. The normalized spacial score (nSPS) is 14.7. The summed E-state index contributed by atoms with van der Waals surface area (Å²) < 4.78 is 6.12. The molecule has 7 heteroatoms. The number of fused-ring (bicyclic) bond motifs is 4. The number of nitro groups is 1. The van der Waals surface area contributed by atoms with Crippen molar-refractivity contribution in [2.24, 2.45) is 0 Å². The van der Waals surface area contributed by atoms with Gasteiger partial charge in [0.1, 0.15) is 11.6 Å². The van der Waals surface area contributed by atoms with Crippen LogP contribution in [0.15, 0.2) is 65.5 Å².